The Bertz CT molecular complexity index is 432. The Balaban J connectivity index is 2.77. The van der Waals surface area contributed by atoms with Gasteiger partial charge in [-0.05, 0) is 23.6 Å². The highest BCUT2D eigenvalue weighted by atomic mass is 16.5. The van der Waals surface area contributed by atoms with Gasteiger partial charge >= 0.3 is 5.97 Å². The molecule has 104 valence electrons. The lowest BCUT2D eigenvalue weighted by Crippen LogP contribution is -2.39. The number of rotatable bonds is 5. The van der Waals surface area contributed by atoms with Crippen molar-refractivity contribution in [1.82, 2.24) is 9.88 Å². The summed E-state index contributed by atoms with van der Waals surface area (Å²) in [6.45, 7) is 4.11. The fourth-order valence-corrected chi connectivity index (χ4v) is 1.86. The zero-order chi connectivity index (χ0) is 14.4. The lowest BCUT2D eigenvalue weighted by molar-refractivity contribution is -0.155. The monoisotopic (exact) mass is 264 g/mol. The highest BCUT2D eigenvalue weighted by Gasteiger charge is 2.32. The molecule has 0 saturated heterocycles. The van der Waals surface area contributed by atoms with E-state index in [0.717, 1.165) is 5.56 Å². The van der Waals surface area contributed by atoms with Crippen molar-refractivity contribution in [2.24, 2.45) is 11.8 Å². The van der Waals surface area contributed by atoms with Crippen LogP contribution in [0, 0.1) is 11.8 Å². The van der Waals surface area contributed by atoms with Gasteiger partial charge in [-0.1, -0.05) is 13.8 Å². The number of hydrogen-bond acceptors (Lipinski definition) is 4. The summed E-state index contributed by atoms with van der Waals surface area (Å²) in [5, 5.41) is 0. The van der Waals surface area contributed by atoms with Gasteiger partial charge in [0.25, 0.3) is 0 Å². The van der Waals surface area contributed by atoms with Crippen LogP contribution in [0.4, 0.5) is 0 Å². The van der Waals surface area contributed by atoms with Crippen LogP contribution < -0.4 is 0 Å². The number of carbonyl (C=O) groups excluding carboxylic acids is 2. The third-order valence-electron chi connectivity index (χ3n) is 2.93. The van der Waals surface area contributed by atoms with Crippen molar-refractivity contribution in [1.29, 1.82) is 0 Å². The number of hydrogen-bond donors (Lipinski definition) is 0. The molecule has 1 unspecified atom stereocenters. The molecule has 1 aromatic rings. The molecule has 5 heteroatoms. The molecule has 0 fully saturated rings. The number of esters is 1. The first-order valence-electron chi connectivity index (χ1n) is 6.19. The number of amides is 1. The zero-order valence-corrected chi connectivity index (χ0v) is 11.8. The van der Waals surface area contributed by atoms with E-state index >= 15 is 0 Å². The average Bonchev–Trinajstić information content (AvgIpc) is 2.39. The number of carbonyl (C=O) groups is 2. The number of pyridine rings is 1. The summed E-state index contributed by atoms with van der Waals surface area (Å²) < 4.78 is 4.70. The molecular weight excluding hydrogens is 244 g/mol. The van der Waals surface area contributed by atoms with Crippen LogP contribution in [-0.4, -0.2) is 35.9 Å². The van der Waals surface area contributed by atoms with Crippen LogP contribution in [-0.2, 0) is 20.9 Å². The first-order valence-corrected chi connectivity index (χ1v) is 6.19. The van der Waals surface area contributed by atoms with Crippen molar-refractivity contribution in [3.05, 3.63) is 30.1 Å². The maximum atomic E-state index is 12.3. The minimum atomic E-state index is -0.753. The van der Waals surface area contributed by atoms with E-state index in [0.29, 0.717) is 6.54 Å². The third-order valence-corrected chi connectivity index (χ3v) is 2.93. The summed E-state index contributed by atoms with van der Waals surface area (Å²) in [6, 6.07) is 3.68. The average molecular weight is 264 g/mol. The Morgan fingerprint density at radius 1 is 1.32 bits per heavy atom. The van der Waals surface area contributed by atoms with Gasteiger partial charge in [-0.15, -0.1) is 0 Å². The molecule has 0 aromatic carbocycles. The first-order chi connectivity index (χ1) is 8.97. The molecule has 1 rings (SSSR count). The largest absolute Gasteiger partial charge is 0.468 e. The normalized spacial score (nSPS) is 12.1. The second kappa shape index (κ2) is 6.87. The standard InChI is InChI=1S/C14H20N2O3/c1-10(2)12(14(18)19-4)13(17)16(3)9-11-5-7-15-8-6-11/h5-8,10,12H,9H2,1-4H3. The highest BCUT2D eigenvalue weighted by molar-refractivity contribution is 5.97. The Labute approximate surface area is 113 Å². The number of ether oxygens (including phenoxy) is 1. The van der Waals surface area contributed by atoms with Gasteiger partial charge in [0.1, 0.15) is 5.92 Å². The van der Waals surface area contributed by atoms with E-state index in [1.54, 1.807) is 19.4 Å². The molecule has 5 nitrogen and oxygen atoms in total. The third kappa shape index (κ3) is 4.05. The van der Waals surface area contributed by atoms with Crippen LogP contribution in [0.5, 0.6) is 0 Å². The van der Waals surface area contributed by atoms with Gasteiger partial charge in [0.2, 0.25) is 5.91 Å². The van der Waals surface area contributed by atoms with Gasteiger partial charge in [-0.3, -0.25) is 14.6 Å². The fourth-order valence-electron chi connectivity index (χ4n) is 1.86. The van der Waals surface area contributed by atoms with Gasteiger partial charge in [0.15, 0.2) is 0 Å². The molecule has 0 aliphatic heterocycles. The first kappa shape index (κ1) is 15.1. The second-order valence-electron chi connectivity index (χ2n) is 4.79. The maximum Gasteiger partial charge on any atom is 0.318 e. The van der Waals surface area contributed by atoms with Crippen LogP contribution >= 0.6 is 0 Å². The van der Waals surface area contributed by atoms with Gasteiger partial charge in [-0.25, -0.2) is 0 Å². The molecule has 0 aliphatic carbocycles. The predicted molar refractivity (Wildman–Crippen MR) is 71.1 cm³/mol. The van der Waals surface area contributed by atoms with Crippen LogP contribution in [0.3, 0.4) is 0 Å². The van der Waals surface area contributed by atoms with E-state index in [9.17, 15) is 9.59 Å². The summed E-state index contributed by atoms with van der Waals surface area (Å²) in [5.74, 6) is -1.56. The van der Waals surface area contributed by atoms with Gasteiger partial charge in [0.05, 0.1) is 7.11 Å². The topological polar surface area (TPSA) is 59.5 Å². The molecule has 19 heavy (non-hydrogen) atoms. The summed E-state index contributed by atoms with van der Waals surface area (Å²) >= 11 is 0. The molecule has 0 saturated carbocycles. The molecular formula is C14H20N2O3. The molecule has 1 atom stereocenters. The smallest absolute Gasteiger partial charge is 0.318 e. The lowest BCUT2D eigenvalue weighted by atomic mass is 9.94. The summed E-state index contributed by atoms with van der Waals surface area (Å²) in [5.41, 5.74) is 0.971. The molecule has 0 N–H and O–H groups in total. The Morgan fingerprint density at radius 2 is 1.89 bits per heavy atom. The van der Waals surface area contributed by atoms with E-state index in [4.69, 9.17) is 4.74 Å². The summed E-state index contributed by atoms with van der Waals surface area (Å²) in [6.07, 6.45) is 3.35. The highest BCUT2D eigenvalue weighted by Crippen LogP contribution is 2.16. The number of aromatic nitrogens is 1. The summed E-state index contributed by atoms with van der Waals surface area (Å²) in [7, 11) is 2.98. The van der Waals surface area contributed by atoms with Crippen LogP contribution in [0.15, 0.2) is 24.5 Å². The fraction of sp³-hybridized carbons (Fsp3) is 0.500. The van der Waals surface area contributed by atoms with Crippen molar-refractivity contribution >= 4 is 11.9 Å². The lowest BCUT2D eigenvalue weighted by Gasteiger charge is -2.24. The Kier molecular flexibility index (Phi) is 5.48. The van der Waals surface area contributed by atoms with Crippen molar-refractivity contribution in [3.8, 4) is 0 Å². The zero-order valence-electron chi connectivity index (χ0n) is 11.8. The van der Waals surface area contributed by atoms with Crippen molar-refractivity contribution in [2.75, 3.05) is 14.2 Å². The molecule has 1 heterocycles. The van der Waals surface area contributed by atoms with Crippen LogP contribution in [0.25, 0.3) is 0 Å². The van der Waals surface area contributed by atoms with E-state index in [1.165, 1.54) is 12.0 Å². The second-order valence-corrected chi connectivity index (χ2v) is 4.79. The number of methoxy groups -OCH3 is 1. The van der Waals surface area contributed by atoms with E-state index in [2.05, 4.69) is 4.98 Å². The van der Waals surface area contributed by atoms with E-state index in [-0.39, 0.29) is 11.8 Å². The van der Waals surface area contributed by atoms with Gasteiger partial charge in [0, 0.05) is 26.0 Å². The maximum absolute atomic E-state index is 12.3. The quantitative estimate of drug-likeness (QED) is 0.597. The van der Waals surface area contributed by atoms with Crippen molar-refractivity contribution in [3.63, 3.8) is 0 Å². The molecule has 0 aliphatic rings. The van der Waals surface area contributed by atoms with E-state index < -0.39 is 11.9 Å². The Morgan fingerprint density at radius 3 is 2.37 bits per heavy atom. The van der Waals surface area contributed by atoms with Crippen molar-refractivity contribution < 1.29 is 14.3 Å². The predicted octanol–water partition coefficient (Wildman–Crippen LogP) is 1.49. The van der Waals surface area contributed by atoms with E-state index in [1.807, 2.05) is 26.0 Å². The van der Waals surface area contributed by atoms with Gasteiger partial charge in [-0.2, -0.15) is 0 Å². The summed E-state index contributed by atoms with van der Waals surface area (Å²) in [4.78, 5) is 29.4. The minimum Gasteiger partial charge on any atom is -0.468 e. The number of nitrogens with zero attached hydrogens (tertiary/aromatic N) is 2. The molecule has 0 spiro atoms. The molecule has 0 bridgehead atoms. The van der Waals surface area contributed by atoms with Crippen LogP contribution in [0.2, 0.25) is 0 Å². The molecule has 0 radical (unpaired) electrons. The molecule has 1 amide bonds. The van der Waals surface area contributed by atoms with Crippen molar-refractivity contribution in [2.45, 2.75) is 20.4 Å². The van der Waals surface area contributed by atoms with Crippen LogP contribution in [0.1, 0.15) is 19.4 Å². The molecule has 1 aromatic heterocycles. The SMILES string of the molecule is COC(=O)C(C(=O)N(C)Cc1ccncc1)C(C)C. The minimum absolute atomic E-state index is 0.0974. The van der Waals surface area contributed by atoms with Gasteiger partial charge < -0.3 is 9.64 Å². The Hall–Kier alpha value is -1.91.